The van der Waals surface area contributed by atoms with E-state index in [1.54, 1.807) is 6.07 Å². The molecule has 1 atom stereocenters. The lowest BCUT2D eigenvalue weighted by atomic mass is 10.2. The summed E-state index contributed by atoms with van der Waals surface area (Å²) in [6, 6.07) is 2.07. The highest BCUT2D eigenvalue weighted by molar-refractivity contribution is 5.38. The first-order valence-corrected chi connectivity index (χ1v) is 5.59. The molecule has 5 heteroatoms. The summed E-state index contributed by atoms with van der Waals surface area (Å²) in [4.78, 5) is 22.9. The molecule has 1 fully saturated rings. The zero-order chi connectivity index (χ0) is 11.7. The molecule has 0 aliphatic carbocycles. The molecule has 1 aromatic rings. The maximum atomic E-state index is 11.4. The second-order valence-electron chi connectivity index (χ2n) is 4.46. The van der Waals surface area contributed by atoms with Gasteiger partial charge in [0.25, 0.3) is 5.56 Å². The van der Waals surface area contributed by atoms with Gasteiger partial charge in [-0.2, -0.15) is 0 Å². The van der Waals surface area contributed by atoms with Crippen molar-refractivity contribution in [2.45, 2.75) is 19.9 Å². The normalized spacial score (nSPS) is 22.4. The van der Waals surface area contributed by atoms with Gasteiger partial charge in [-0.05, 0) is 20.9 Å². The molecule has 0 radical (unpaired) electrons. The number of nitrogens with one attached hydrogen (secondary N) is 1. The SMILES string of the molecule is Cc1nc(N2CCN(C)C(C)C2)cc(=O)[nH]1. The Kier molecular flexibility index (Phi) is 2.96. The fourth-order valence-corrected chi connectivity index (χ4v) is 1.98. The van der Waals surface area contributed by atoms with E-state index < -0.39 is 0 Å². The minimum Gasteiger partial charge on any atom is -0.354 e. The second-order valence-corrected chi connectivity index (χ2v) is 4.46. The number of nitrogens with zero attached hydrogens (tertiary/aromatic N) is 3. The standard InChI is InChI=1S/C11H18N4O/c1-8-7-15(5-4-14(8)3)10-6-11(16)13-9(2)12-10/h6,8H,4-5,7H2,1-3H3,(H,12,13,16). The fourth-order valence-electron chi connectivity index (χ4n) is 1.98. The van der Waals surface area contributed by atoms with Crippen molar-refractivity contribution in [3.8, 4) is 0 Å². The fraction of sp³-hybridized carbons (Fsp3) is 0.636. The molecular formula is C11H18N4O. The van der Waals surface area contributed by atoms with Crippen LogP contribution in [0.5, 0.6) is 0 Å². The third-order valence-electron chi connectivity index (χ3n) is 3.13. The number of rotatable bonds is 1. The van der Waals surface area contributed by atoms with Crippen LogP contribution in [0.3, 0.4) is 0 Å². The van der Waals surface area contributed by atoms with E-state index in [1.165, 1.54) is 0 Å². The van der Waals surface area contributed by atoms with Crippen molar-refractivity contribution in [1.29, 1.82) is 0 Å². The Labute approximate surface area is 95.1 Å². The van der Waals surface area contributed by atoms with Crippen LogP contribution in [0.2, 0.25) is 0 Å². The molecule has 5 nitrogen and oxygen atoms in total. The summed E-state index contributed by atoms with van der Waals surface area (Å²) in [6.07, 6.45) is 0. The quantitative estimate of drug-likeness (QED) is 0.738. The van der Waals surface area contributed by atoms with Gasteiger partial charge in [-0.15, -0.1) is 0 Å². The molecule has 2 heterocycles. The number of H-pyrrole nitrogens is 1. The number of aromatic amines is 1. The largest absolute Gasteiger partial charge is 0.354 e. The van der Waals surface area contributed by atoms with Gasteiger partial charge in [0, 0.05) is 31.7 Å². The molecule has 1 aromatic heterocycles. The molecule has 1 saturated heterocycles. The highest BCUT2D eigenvalue weighted by atomic mass is 16.1. The van der Waals surface area contributed by atoms with E-state index in [1.807, 2.05) is 6.92 Å². The van der Waals surface area contributed by atoms with Crippen LogP contribution in [0.15, 0.2) is 10.9 Å². The number of piperazine rings is 1. The van der Waals surface area contributed by atoms with Gasteiger partial charge in [-0.1, -0.05) is 0 Å². The minimum absolute atomic E-state index is 0.0749. The van der Waals surface area contributed by atoms with Gasteiger partial charge < -0.3 is 14.8 Å². The van der Waals surface area contributed by atoms with Crippen LogP contribution in [0.4, 0.5) is 5.82 Å². The van der Waals surface area contributed by atoms with Crippen LogP contribution >= 0.6 is 0 Å². The smallest absolute Gasteiger partial charge is 0.252 e. The Balaban J connectivity index is 2.21. The van der Waals surface area contributed by atoms with Gasteiger partial charge in [-0.3, -0.25) is 4.79 Å². The number of aryl methyl sites for hydroxylation is 1. The molecule has 1 aliphatic rings. The third-order valence-corrected chi connectivity index (χ3v) is 3.13. The Morgan fingerprint density at radius 3 is 2.88 bits per heavy atom. The van der Waals surface area contributed by atoms with Gasteiger partial charge in [-0.25, -0.2) is 4.98 Å². The lowest BCUT2D eigenvalue weighted by molar-refractivity contribution is 0.233. The summed E-state index contributed by atoms with van der Waals surface area (Å²) in [5.74, 6) is 1.47. The number of likely N-dealkylation sites (N-methyl/N-ethyl adjacent to an activating group) is 1. The van der Waals surface area contributed by atoms with Gasteiger partial charge in [0.15, 0.2) is 0 Å². The van der Waals surface area contributed by atoms with Gasteiger partial charge in [0.2, 0.25) is 0 Å². The van der Waals surface area contributed by atoms with Crippen LogP contribution < -0.4 is 10.5 Å². The van der Waals surface area contributed by atoms with Crippen molar-refractivity contribution in [2.24, 2.45) is 0 Å². The van der Waals surface area contributed by atoms with E-state index in [2.05, 4.69) is 33.7 Å². The molecule has 0 saturated carbocycles. The van der Waals surface area contributed by atoms with Crippen LogP contribution in [-0.2, 0) is 0 Å². The number of anilines is 1. The summed E-state index contributed by atoms with van der Waals surface area (Å²) in [5, 5.41) is 0. The average Bonchev–Trinajstić information content (AvgIpc) is 2.20. The lowest BCUT2D eigenvalue weighted by Crippen LogP contribution is -2.50. The molecule has 0 aromatic carbocycles. The molecule has 16 heavy (non-hydrogen) atoms. The second kappa shape index (κ2) is 4.25. The first-order chi connectivity index (χ1) is 7.56. The van der Waals surface area contributed by atoms with E-state index in [9.17, 15) is 4.79 Å². The van der Waals surface area contributed by atoms with Crippen molar-refractivity contribution in [3.63, 3.8) is 0 Å². The molecule has 1 unspecified atom stereocenters. The first kappa shape index (κ1) is 11.1. The summed E-state index contributed by atoms with van der Waals surface area (Å²) >= 11 is 0. The topological polar surface area (TPSA) is 52.2 Å². The summed E-state index contributed by atoms with van der Waals surface area (Å²) in [7, 11) is 2.12. The van der Waals surface area contributed by atoms with E-state index in [-0.39, 0.29) is 5.56 Å². The minimum atomic E-state index is -0.0749. The van der Waals surface area contributed by atoms with Crippen molar-refractivity contribution < 1.29 is 0 Å². The summed E-state index contributed by atoms with van der Waals surface area (Å²) < 4.78 is 0. The summed E-state index contributed by atoms with van der Waals surface area (Å²) in [6.45, 7) is 6.86. The van der Waals surface area contributed by atoms with Gasteiger partial charge >= 0.3 is 0 Å². The molecule has 2 rings (SSSR count). The van der Waals surface area contributed by atoms with Crippen molar-refractivity contribution in [3.05, 3.63) is 22.2 Å². The van der Waals surface area contributed by atoms with E-state index in [4.69, 9.17) is 0 Å². The van der Waals surface area contributed by atoms with Crippen molar-refractivity contribution in [2.75, 3.05) is 31.6 Å². The van der Waals surface area contributed by atoms with Crippen LogP contribution in [-0.4, -0.2) is 47.6 Å². The van der Waals surface area contributed by atoms with Crippen molar-refractivity contribution in [1.82, 2.24) is 14.9 Å². The van der Waals surface area contributed by atoms with E-state index in [0.717, 1.165) is 25.5 Å². The van der Waals surface area contributed by atoms with E-state index in [0.29, 0.717) is 11.9 Å². The molecule has 1 aliphatic heterocycles. The highest BCUT2D eigenvalue weighted by Gasteiger charge is 2.21. The van der Waals surface area contributed by atoms with Crippen LogP contribution in [0.25, 0.3) is 0 Å². The average molecular weight is 222 g/mol. The molecule has 0 amide bonds. The zero-order valence-electron chi connectivity index (χ0n) is 10.0. The predicted molar refractivity (Wildman–Crippen MR) is 63.9 cm³/mol. The number of aromatic nitrogens is 2. The van der Waals surface area contributed by atoms with Crippen molar-refractivity contribution >= 4 is 5.82 Å². The van der Waals surface area contributed by atoms with E-state index >= 15 is 0 Å². The number of hydrogen-bond donors (Lipinski definition) is 1. The molecule has 88 valence electrons. The summed E-state index contributed by atoms with van der Waals surface area (Å²) in [5.41, 5.74) is -0.0749. The first-order valence-electron chi connectivity index (χ1n) is 5.59. The highest BCUT2D eigenvalue weighted by Crippen LogP contribution is 2.14. The Bertz CT molecular complexity index is 428. The van der Waals surface area contributed by atoms with Crippen LogP contribution in [0.1, 0.15) is 12.7 Å². The maximum absolute atomic E-state index is 11.4. The van der Waals surface area contributed by atoms with Gasteiger partial charge in [0.05, 0.1) is 0 Å². The lowest BCUT2D eigenvalue weighted by Gasteiger charge is -2.38. The molecular weight excluding hydrogens is 204 g/mol. The van der Waals surface area contributed by atoms with Crippen LogP contribution in [0, 0.1) is 6.92 Å². The van der Waals surface area contributed by atoms with Gasteiger partial charge in [0.1, 0.15) is 11.6 Å². The Morgan fingerprint density at radius 1 is 1.50 bits per heavy atom. The monoisotopic (exact) mass is 222 g/mol. The number of hydrogen-bond acceptors (Lipinski definition) is 4. The third kappa shape index (κ3) is 2.24. The maximum Gasteiger partial charge on any atom is 0.252 e. The Morgan fingerprint density at radius 2 is 2.25 bits per heavy atom. The Hall–Kier alpha value is -1.36. The predicted octanol–water partition coefficient (Wildman–Crippen LogP) is 0.219. The molecule has 0 bridgehead atoms. The molecule has 0 spiro atoms. The zero-order valence-corrected chi connectivity index (χ0v) is 10.0. The molecule has 1 N–H and O–H groups in total.